The van der Waals surface area contributed by atoms with Crippen LogP contribution >= 0.6 is 0 Å². The number of hydrogen-bond donors (Lipinski definition) is 0. The highest BCUT2D eigenvalue weighted by molar-refractivity contribution is 5.92. The largest absolute Gasteiger partial charge is 0.494 e. The van der Waals surface area contributed by atoms with Gasteiger partial charge in [-0.2, -0.15) is 0 Å². The van der Waals surface area contributed by atoms with Gasteiger partial charge in [-0.25, -0.2) is 0 Å². The predicted octanol–water partition coefficient (Wildman–Crippen LogP) is 2.80. The van der Waals surface area contributed by atoms with Crippen LogP contribution in [0.1, 0.15) is 31.7 Å². The molecule has 4 heteroatoms. The van der Waals surface area contributed by atoms with Crippen molar-refractivity contribution in [2.24, 2.45) is 0 Å². The summed E-state index contributed by atoms with van der Waals surface area (Å²) in [7, 11) is 0. The Labute approximate surface area is 138 Å². The van der Waals surface area contributed by atoms with Crippen LogP contribution in [0.4, 0.5) is 0 Å². The number of likely N-dealkylation sites (tertiary alicyclic amines) is 2. The van der Waals surface area contributed by atoms with E-state index in [0.717, 1.165) is 30.8 Å². The molecule has 0 unspecified atom stereocenters. The third kappa shape index (κ3) is 4.14. The van der Waals surface area contributed by atoms with E-state index in [9.17, 15) is 4.79 Å². The second-order valence-corrected chi connectivity index (χ2v) is 6.31. The summed E-state index contributed by atoms with van der Waals surface area (Å²) < 4.78 is 5.42. The van der Waals surface area contributed by atoms with E-state index < -0.39 is 0 Å². The van der Waals surface area contributed by atoms with Crippen molar-refractivity contribution in [2.75, 3.05) is 32.8 Å². The molecule has 2 saturated heterocycles. The molecule has 1 atom stereocenters. The van der Waals surface area contributed by atoms with Crippen LogP contribution in [0.5, 0.6) is 5.75 Å². The fourth-order valence-electron chi connectivity index (χ4n) is 3.46. The molecule has 1 aromatic rings. The lowest BCUT2D eigenvalue weighted by Gasteiger charge is -2.23. The molecule has 0 bridgehead atoms. The lowest BCUT2D eigenvalue weighted by molar-refractivity contribution is -0.125. The quantitative estimate of drug-likeness (QED) is 0.784. The normalized spacial score (nSPS) is 22.1. The number of rotatable bonds is 5. The monoisotopic (exact) mass is 314 g/mol. The van der Waals surface area contributed by atoms with Crippen LogP contribution in [-0.2, 0) is 4.79 Å². The van der Waals surface area contributed by atoms with Crippen LogP contribution in [0.3, 0.4) is 0 Å². The molecule has 0 saturated carbocycles. The number of nitrogens with zero attached hydrogens (tertiary/aromatic N) is 2. The predicted molar refractivity (Wildman–Crippen MR) is 92.4 cm³/mol. The Morgan fingerprint density at radius 3 is 2.65 bits per heavy atom. The van der Waals surface area contributed by atoms with Gasteiger partial charge in [0.2, 0.25) is 5.91 Å². The molecule has 1 amide bonds. The first kappa shape index (κ1) is 16.1. The molecule has 124 valence electrons. The average Bonchev–Trinajstić information content (AvgIpc) is 3.25. The van der Waals surface area contributed by atoms with E-state index in [0.29, 0.717) is 12.6 Å². The minimum atomic E-state index is 0.126. The second kappa shape index (κ2) is 7.64. The molecule has 23 heavy (non-hydrogen) atoms. The lowest BCUT2D eigenvalue weighted by atomic mass is 10.2. The van der Waals surface area contributed by atoms with Crippen LogP contribution in [-0.4, -0.2) is 54.5 Å². The van der Waals surface area contributed by atoms with Gasteiger partial charge in [0.1, 0.15) is 5.75 Å². The maximum absolute atomic E-state index is 12.3. The molecule has 2 heterocycles. The van der Waals surface area contributed by atoms with Crippen molar-refractivity contribution in [3.8, 4) is 5.75 Å². The van der Waals surface area contributed by atoms with E-state index >= 15 is 0 Å². The highest BCUT2D eigenvalue weighted by Crippen LogP contribution is 2.21. The molecule has 0 N–H and O–H groups in total. The van der Waals surface area contributed by atoms with E-state index in [2.05, 4.69) is 4.90 Å². The molecule has 1 aromatic carbocycles. The van der Waals surface area contributed by atoms with E-state index in [1.807, 2.05) is 42.2 Å². The van der Waals surface area contributed by atoms with Gasteiger partial charge in [0.15, 0.2) is 0 Å². The van der Waals surface area contributed by atoms with Gasteiger partial charge in [-0.1, -0.05) is 12.1 Å². The summed E-state index contributed by atoms with van der Waals surface area (Å²) in [6.45, 7) is 6.81. The maximum atomic E-state index is 12.3. The van der Waals surface area contributed by atoms with E-state index in [-0.39, 0.29) is 5.91 Å². The second-order valence-electron chi connectivity index (χ2n) is 6.31. The number of ether oxygens (including phenoxy) is 1. The van der Waals surface area contributed by atoms with Gasteiger partial charge in [0.25, 0.3) is 0 Å². The van der Waals surface area contributed by atoms with Crippen molar-refractivity contribution in [3.05, 3.63) is 35.9 Å². The van der Waals surface area contributed by atoms with Gasteiger partial charge in [-0.05, 0) is 63.0 Å². The Hall–Kier alpha value is -1.81. The van der Waals surface area contributed by atoms with Gasteiger partial charge >= 0.3 is 0 Å². The van der Waals surface area contributed by atoms with Crippen molar-refractivity contribution in [1.82, 2.24) is 9.80 Å². The molecular formula is C19H26N2O2. The number of amides is 1. The number of benzene rings is 1. The topological polar surface area (TPSA) is 32.8 Å². The zero-order valence-electron chi connectivity index (χ0n) is 13.9. The molecule has 2 aliphatic heterocycles. The SMILES string of the molecule is CCOc1ccc(/C=C/C(=O)N2CC[C@H](N3CCCC3)C2)cc1. The zero-order chi connectivity index (χ0) is 16.1. The molecular weight excluding hydrogens is 288 g/mol. The Morgan fingerprint density at radius 1 is 1.22 bits per heavy atom. The van der Waals surface area contributed by atoms with Crippen molar-refractivity contribution < 1.29 is 9.53 Å². The molecule has 2 aliphatic rings. The van der Waals surface area contributed by atoms with Crippen LogP contribution in [0.15, 0.2) is 30.3 Å². The summed E-state index contributed by atoms with van der Waals surface area (Å²) in [6.07, 6.45) is 7.32. The lowest BCUT2D eigenvalue weighted by Crippen LogP contribution is -2.36. The minimum absolute atomic E-state index is 0.126. The Morgan fingerprint density at radius 2 is 1.96 bits per heavy atom. The molecule has 0 radical (unpaired) electrons. The smallest absolute Gasteiger partial charge is 0.246 e. The summed E-state index contributed by atoms with van der Waals surface area (Å²) >= 11 is 0. The first-order valence-electron chi connectivity index (χ1n) is 8.70. The van der Waals surface area contributed by atoms with Crippen molar-refractivity contribution in [1.29, 1.82) is 0 Å². The van der Waals surface area contributed by atoms with Crippen molar-refractivity contribution in [2.45, 2.75) is 32.2 Å². The molecule has 2 fully saturated rings. The van der Waals surface area contributed by atoms with Crippen LogP contribution in [0.2, 0.25) is 0 Å². The summed E-state index contributed by atoms with van der Waals surface area (Å²) in [4.78, 5) is 16.9. The first-order chi connectivity index (χ1) is 11.3. The van der Waals surface area contributed by atoms with Gasteiger partial charge in [0, 0.05) is 25.2 Å². The van der Waals surface area contributed by atoms with E-state index in [4.69, 9.17) is 4.74 Å². The average molecular weight is 314 g/mol. The van der Waals surface area contributed by atoms with Crippen LogP contribution < -0.4 is 4.74 Å². The number of carbonyl (C=O) groups is 1. The summed E-state index contributed by atoms with van der Waals surface area (Å²) in [5, 5.41) is 0. The summed E-state index contributed by atoms with van der Waals surface area (Å²) in [5.41, 5.74) is 1.03. The van der Waals surface area contributed by atoms with Crippen LogP contribution in [0.25, 0.3) is 6.08 Å². The summed E-state index contributed by atoms with van der Waals surface area (Å²) in [6, 6.07) is 8.40. The molecule has 0 spiro atoms. The van der Waals surface area contributed by atoms with Gasteiger partial charge in [0.05, 0.1) is 6.61 Å². The van der Waals surface area contributed by atoms with Gasteiger partial charge in [-0.3, -0.25) is 9.69 Å². The minimum Gasteiger partial charge on any atom is -0.494 e. The Kier molecular flexibility index (Phi) is 5.34. The van der Waals surface area contributed by atoms with E-state index in [1.54, 1.807) is 6.08 Å². The van der Waals surface area contributed by atoms with Crippen molar-refractivity contribution >= 4 is 12.0 Å². The molecule has 3 rings (SSSR count). The Bertz CT molecular complexity index is 547. The summed E-state index contributed by atoms with van der Waals surface area (Å²) in [5.74, 6) is 0.990. The van der Waals surface area contributed by atoms with E-state index in [1.165, 1.54) is 25.9 Å². The third-order valence-corrected chi connectivity index (χ3v) is 4.74. The third-order valence-electron chi connectivity index (χ3n) is 4.74. The highest BCUT2D eigenvalue weighted by Gasteiger charge is 2.30. The zero-order valence-corrected chi connectivity index (χ0v) is 13.9. The van der Waals surface area contributed by atoms with Gasteiger partial charge in [-0.15, -0.1) is 0 Å². The molecule has 4 nitrogen and oxygen atoms in total. The highest BCUT2D eigenvalue weighted by atomic mass is 16.5. The fraction of sp³-hybridized carbons (Fsp3) is 0.526. The maximum Gasteiger partial charge on any atom is 0.246 e. The fourth-order valence-corrected chi connectivity index (χ4v) is 3.46. The standard InChI is InChI=1S/C19H26N2O2/c1-2-23-18-8-5-16(6-9-18)7-10-19(22)21-14-11-17(15-21)20-12-3-4-13-20/h5-10,17H,2-4,11-15H2,1H3/b10-7+/t17-/m0/s1. The Balaban J connectivity index is 1.52. The first-order valence-corrected chi connectivity index (χ1v) is 8.70. The van der Waals surface area contributed by atoms with Crippen LogP contribution in [0, 0.1) is 0 Å². The number of hydrogen-bond acceptors (Lipinski definition) is 3. The van der Waals surface area contributed by atoms with Gasteiger partial charge < -0.3 is 9.64 Å². The number of carbonyl (C=O) groups excluding carboxylic acids is 1. The van der Waals surface area contributed by atoms with Crippen molar-refractivity contribution in [3.63, 3.8) is 0 Å². The molecule has 0 aliphatic carbocycles. The molecule has 0 aromatic heterocycles.